The van der Waals surface area contributed by atoms with E-state index in [1.54, 1.807) is 28.8 Å². The lowest BCUT2D eigenvalue weighted by Gasteiger charge is -2.22. The van der Waals surface area contributed by atoms with Crippen LogP contribution in [0.1, 0.15) is 32.1 Å². The molecule has 1 aromatic carbocycles. The first-order chi connectivity index (χ1) is 14.1. The molecule has 0 spiro atoms. The summed E-state index contributed by atoms with van der Waals surface area (Å²) in [7, 11) is 0. The monoisotopic (exact) mass is 412 g/mol. The Balaban J connectivity index is 1.49. The van der Waals surface area contributed by atoms with E-state index in [-0.39, 0.29) is 23.4 Å². The summed E-state index contributed by atoms with van der Waals surface area (Å²) in [6.45, 7) is 0. The fraction of sp³-hybridized carbons (Fsp3) is 0.368. The van der Waals surface area contributed by atoms with E-state index in [1.165, 1.54) is 30.3 Å². The summed E-state index contributed by atoms with van der Waals surface area (Å²) < 4.78 is 1.56. The first-order valence-corrected chi connectivity index (χ1v) is 10.5. The van der Waals surface area contributed by atoms with Gasteiger partial charge in [-0.3, -0.25) is 14.9 Å². The lowest BCUT2D eigenvalue weighted by Crippen LogP contribution is -2.37. The molecule has 2 heterocycles. The first kappa shape index (κ1) is 19.3. The van der Waals surface area contributed by atoms with Gasteiger partial charge in [0.05, 0.1) is 16.4 Å². The zero-order valence-electron chi connectivity index (χ0n) is 15.7. The lowest BCUT2D eigenvalue weighted by atomic mass is 9.95. The number of nitrogens with one attached hydrogen (secondary N) is 1. The second-order valence-electron chi connectivity index (χ2n) is 6.97. The number of aromatic nitrogens is 4. The summed E-state index contributed by atoms with van der Waals surface area (Å²) in [4.78, 5) is 22.8. The normalized spacial score (nSPS) is 14.8. The number of carbonyl (C=O) groups is 1. The molecule has 1 saturated carbocycles. The molecule has 1 amide bonds. The van der Waals surface area contributed by atoms with Crippen LogP contribution in [0.25, 0.3) is 16.9 Å². The molecule has 0 atom stereocenters. The van der Waals surface area contributed by atoms with Gasteiger partial charge in [0, 0.05) is 23.7 Å². The third kappa shape index (κ3) is 4.53. The summed E-state index contributed by atoms with van der Waals surface area (Å²) in [5.41, 5.74) is 1.74. The van der Waals surface area contributed by atoms with Gasteiger partial charge >= 0.3 is 0 Å². The number of non-ortho nitro benzene ring substituents is 1. The average Bonchev–Trinajstić information content (AvgIpc) is 3.15. The zero-order chi connectivity index (χ0) is 20.2. The van der Waals surface area contributed by atoms with Gasteiger partial charge in [-0.1, -0.05) is 43.2 Å². The van der Waals surface area contributed by atoms with Crippen LogP contribution in [-0.2, 0) is 4.79 Å². The number of nitro groups is 1. The van der Waals surface area contributed by atoms with Gasteiger partial charge in [0.25, 0.3) is 5.69 Å². The second-order valence-corrected chi connectivity index (χ2v) is 7.91. The van der Waals surface area contributed by atoms with Gasteiger partial charge in [0.1, 0.15) is 0 Å². The molecular weight excluding hydrogens is 392 g/mol. The molecule has 3 aromatic rings. The number of fused-ring (bicyclic) bond motifs is 1. The lowest BCUT2D eigenvalue weighted by molar-refractivity contribution is -0.384. The van der Waals surface area contributed by atoms with Crippen LogP contribution in [0, 0.1) is 10.1 Å². The Hall–Kier alpha value is -3.01. The fourth-order valence-electron chi connectivity index (χ4n) is 3.44. The number of benzene rings is 1. The standard InChI is InChI=1S/C19H20N6O3S/c26-18(20-14-6-2-1-3-7-14)12-29-19-22-21-17-10-9-16(23-24(17)19)13-5-4-8-15(11-13)25(27)28/h4-5,8-11,14H,1-3,6-7,12H2,(H,20,26). The summed E-state index contributed by atoms with van der Waals surface area (Å²) in [6, 6.07) is 10.1. The molecule has 2 aromatic heterocycles. The molecule has 9 nitrogen and oxygen atoms in total. The summed E-state index contributed by atoms with van der Waals surface area (Å²) in [6.07, 6.45) is 5.65. The largest absolute Gasteiger partial charge is 0.353 e. The minimum Gasteiger partial charge on any atom is -0.353 e. The minimum absolute atomic E-state index is 0.00198. The van der Waals surface area contributed by atoms with Crippen molar-refractivity contribution in [3.63, 3.8) is 0 Å². The molecule has 0 aliphatic heterocycles. The Labute approximate surface area is 171 Å². The van der Waals surface area contributed by atoms with Crippen LogP contribution in [0.5, 0.6) is 0 Å². The molecule has 0 bridgehead atoms. The predicted octanol–water partition coefficient (Wildman–Crippen LogP) is 3.24. The Bertz CT molecular complexity index is 1050. The fourth-order valence-corrected chi connectivity index (χ4v) is 4.14. The SMILES string of the molecule is O=C(CSc1nnc2ccc(-c3cccc([N+](=O)[O-])c3)nn12)NC1CCCCC1. The number of thioether (sulfide) groups is 1. The number of nitro benzene ring substituents is 1. The van der Waals surface area contributed by atoms with E-state index in [4.69, 9.17) is 0 Å². The first-order valence-electron chi connectivity index (χ1n) is 9.49. The van der Waals surface area contributed by atoms with Crippen molar-refractivity contribution in [2.24, 2.45) is 0 Å². The highest BCUT2D eigenvalue weighted by molar-refractivity contribution is 7.99. The van der Waals surface area contributed by atoms with Crippen molar-refractivity contribution in [1.82, 2.24) is 25.1 Å². The van der Waals surface area contributed by atoms with Gasteiger partial charge in [-0.15, -0.1) is 10.2 Å². The average molecular weight is 412 g/mol. The van der Waals surface area contributed by atoms with E-state index in [0.29, 0.717) is 22.1 Å². The van der Waals surface area contributed by atoms with Crippen molar-refractivity contribution in [2.45, 2.75) is 43.3 Å². The van der Waals surface area contributed by atoms with Crippen LogP contribution in [-0.4, -0.2) is 42.4 Å². The van der Waals surface area contributed by atoms with Crippen LogP contribution in [0.15, 0.2) is 41.6 Å². The number of rotatable bonds is 6. The molecule has 0 radical (unpaired) electrons. The summed E-state index contributed by atoms with van der Waals surface area (Å²) >= 11 is 1.27. The smallest absolute Gasteiger partial charge is 0.270 e. The Morgan fingerprint density at radius 1 is 1.21 bits per heavy atom. The Morgan fingerprint density at radius 2 is 2.03 bits per heavy atom. The maximum atomic E-state index is 12.3. The molecule has 0 saturated heterocycles. The zero-order valence-corrected chi connectivity index (χ0v) is 16.5. The summed E-state index contributed by atoms with van der Waals surface area (Å²) in [5.74, 6) is 0.216. The molecule has 0 unspecified atom stereocenters. The number of hydrogen-bond acceptors (Lipinski definition) is 7. The molecule has 4 rings (SSSR count). The van der Waals surface area contributed by atoms with Crippen molar-refractivity contribution in [3.05, 3.63) is 46.5 Å². The number of carbonyl (C=O) groups excluding carboxylic acids is 1. The third-order valence-electron chi connectivity index (χ3n) is 4.89. The highest BCUT2D eigenvalue weighted by Gasteiger charge is 2.17. The molecule has 150 valence electrons. The van der Waals surface area contributed by atoms with Crippen molar-refractivity contribution in [3.8, 4) is 11.3 Å². The van der Waals surface area contributed by atoms with Crippen LogP contribution in [0.2, 0.25) is 0 Å². The van der Waals surface area contributed by atoms with E-state index in [9.17, 15) is 14.9 Å². The molecule has 1 aliphatic rings. The molecule has 29 heavy (non-hydrogen) atoms. The van der Waals surface area contributed by atoms with Crippen molar-refractivity contribution >= 4 is 29.0 Å². The Kier molecular flexibility index (Phi) is 5.70. The maximum absolute atomic E-state index is 12.3. The van der Waals surface area contributed by atoms with E-state index in [0.717, 1.165) is 25.7 Å². The van der Waals surface area contributed by atoms with Gasteiger partial charge in [0.15, 0.2) is 5.65 Å². The minimum atomic E-state index is -0.437. The topological polar surface area (TPSA) is 115 Å². The van der Waals surface area contributed by atoms with E-state index in [2.05, 4.69) is 20.6 Å². The van der Waals surface area contributed by atoms with Gasteiger partial charge < -0.3 is 5.32 Å². The summed E-state index contributed by atoms with van der Waals surface area (Å²) in [5, 5.41) is 27.3. The number of hydrogen-bond donors (Lipinski definition) is 1. The van der Waals surface area contributed by atoms with Crippen molar-refractivity contribution < 1.29 is 9.72 Å². The van der Waals surface area contributed by atoms with Crippen molar-refractivity contribution in [1.29, 1.82) is 0 Å². The molecule has 10 heteroatoms. The van der Waals surface area contributed by atoms with Gasteiger partial charge in [-0.2, -0.15) is 9.61 Å². The van der Waals surface area contributed by atoms with Crippen LogP contribution < -0.4 is 5.32 Å². The molecule has 1 aliphatic carbocycles. The highest BCUT2D eigenvalue weighted by atomic mass is 32.2. The molecular formula is C19H20N6O3S. The van der Waals surface area contributed by atoms with E-state index >= 15 is 0 Å². The van der Waals surface area contributed by atoms with Gasteiger partial charge in [-0.05, 0) is 25.0 Å². The third-order valence-corrected chi connectivity index (χ3v) is 5.81. The van der Waals surface area contributed by atoms with Crippen LogP contribution in [0.4, 0.5) is 5.69 Å². The number of nitrogens with zero attached hydrogens (tertiary/aromatic N) is 5. The second kappa shape index (κ2) is 8.56. The van der Waals surface area contributed by atoms with E-state index in [1.807, 2.05) is 0 Å². The van der Waals surface area contributed by atoms with E-state index < -0.39 is 4.92 Å². The Morgan fingerprint density at radius 3 is 2.83 bits per heavy atom. The quantitative estimate of drug-likeness (QED) is 0.375. The predicted molar refractivity (Wildman–Crippen MR) is 109 cm³/mol. The van der Waals surface area contributed by atoms with Gasteiger partial charge in [0.2, 0.25) is 11.1 Å². The molecule has 1 fully saturated rings. The van der Waals surface area contributed by atoms with Crippen molar-refractivity contribution in [2.75, 3.05) is 5.75 Å². The van der Waals surface area contributed by atoms with Gasteiger partial charge in [-0.25, -0.2) is 0 Å². The maximum Gasteiger partial charge on any atom is 0.270 e. The van der Waals surface area contributed by atoms with Crippen LogP contribution >= 0.6 is 11.8 Å². The molecule has 1 N–H and O–H groups in total. The van der Waals surface area contributed by atoms with Crippen LogP contribution in [0.3, 0.4) is 0 Å². The number of amides is 1. The highest BCUT2D eigenvalue weighted by Crippen LogP contribution is 2.24.